The van der Waals surface area contributed by atoms with Crippen LogP contribution in [0.25, 0.3) is 0 Å². The lowest BCUT2D eigenvalue weighted by atomic mass is 9.44. The van der Waals surface area contributed by atoms with Gasteiger partial charge in [-0.25, -0.2) is 0 Å². The number of carbonyl (C=O) groups excluding carboxylic acids is 1. The summed E-state index contributed by atoms with van der Waals surface area (Å²) in [6, 6.07) is 0.943. The van der Waals surface area contributed by atoms with Gasteiger partial charge in [-0.15, -0.1) is 0 Å². The van der Waals surface area contributed by atoms with Crippen molar-refractivity contribution in [1.82, 2.24) is 9.78 Å². The van der Waals surface area contributed by atoms with Gasteiger partial charge in [0.05, 0.1) is 12.1 Å². The predicted molar refractivity (Wildman–Crippen MR) is 118 cm³/mol. The number of halogens is 3. The summed E-state index contributed by atoms with van der Waals surface area (Å²) in [6.45, 7) is 6.64. The van der Waals surface area contributed by atoms with Gasteiger partial charge in [-0.2, -0.15) is 18.3 Å². The molecule has 0 spiro atoms. The zero-order valence-electron chi connectivity index (χ0n) is 20.0. The Kier molecular flexibility index (Phi) is 5.36. The van der Waals surface area contributed by atoms with Crippen molar-refractivity contribution in [3.8, 4) is 0 Å². The molecule has 184 valence electrons. The number of Topliss-reactive ketones (excluding diaryl/α,β-unsaturated/α-hetero) is 1. The van der Waals surface area contributed by atoms with Crippen molar-refractivity contribution in [3.63, 3.8) is 0 Å². The van der Waals surface area contributed by atoms with E-state index in [1.54, 1.807) is 0 Å². The van der Waals surface area contributed by atoms with Crippen LogP contribution in [0.4, 0.5) is 13.2 Å². The highest BCUT2D eigenvalue weighted by atomic mass is 19.4. The molecule has 0 bridgehead atoms. The highest BCUT2D eigenvalue weighted by Crippen LogP contribution is 2.68. The molecule has 4 fully saturated rings. The van der Waals surface area contributed by atoms with E-state index < -0.39 is 17.5 Å². The molecule has 4 aliphatic rings. The molecule has 0 saturated heterocycles. The second-order valence-corrected chi connectivity index (χ2v) is 12.4. The summed E-state index contributed by atoms with van der Waals surface area (Å²) >= 11 is 0. The van der Waals surface area contributed by atoms with E-state index in [9.17, 15) is 23.1 Å². The molecule has 0 aromatic carbocycles. The molecule has 0 unspecified atom stereocenters. The third kappa shape index (κ3) is 3.77. The van der Waals surface area contributed by atoms with Crippen molar-refractivity contribution < 1.29 is 23.1 Å². The van der Waals surface area contributed by atoms with Crippen LogP contribution < -0.4 is 0 Å². The van der Waals surface area contributed by atoms with Crippen LogP contribution in [0.1, 0.15) is 84.3 Å². The first-order valence-corrected chi connectivity index (χ1v) is 12.7. The summed E-state index contributed by atoms with van der Waals surface area (Å²) in [6.07, 6.45) is 5.99. The maximum Gasteiger partial charge on any atom is 0.435 e. The molecule has 33 heavy (non-hydrogen) atoms. The average molecular weight is 467 g/mol. The predicted octanol–water partition coefficient (Wildman–Crippen LogP) is 5.88. The van der Waals surface area contributed by atoms with Crippen molar-refractivity contribution in [3.05, 3.63) is 18.0 Å². The minimum Gasteiger partial charge on any atom is -0.390 e. The van der Waals surface area contributed by atoms with Crippen molar-refractivity contribution in [2.45, 2.75) is 96.9 Å². The van der Waals surface area contributed by atoms with Crippen LogP contribution in [-0.2, 0) is 17.5 Å². The number of aliphatic hydroxyl groups is 1. The molecule has 1 aromatic heterocycles. The highest BCUT2D eigenvalue weighted by Gasteiger charge is 2.61. The molecule has 0 radical (unpaired) electrons. The first-order valence-electron chi connectivity index (χ1n) is 12.7. The van der Waals surface area contributed by atoms with Crippen molar-refractivity contribution in [2.75, 3.05) is 0 Å². The number of fused-ring (bicyclic) bond motifs is 5. The molecule has 0 aliphatic heterocycles. The van der Waals surface area contributed by atoms with Gasteiger partial charge in [0.15, 0.2) is 11.5 Å². The Morgan fingerprint density at radius 1 is 1.06 bits per heavy atom. The summed E-state index contributed by atoms with van der Waals surface area (Å²) in [7, 11) is 0. The number of carbonyl (C=O) groups is 1. The third-order valence-corrected chi connectivity index (χ3v) is 10.6. The van der Waals surface area contributed by atoms with Crippen LogP contribution in [0.2, 0.25) is 0 Å². The van der Waals surface area contributed by atoms with Gasteiger partial charge >= 0.3 is 6.18 Å². The molecule has 8 atom stereocenters. The Morgan fingerprint density at radius 3 is 2.48 bits per heavy atom. The van der Waals surface area contributed by atoms with Crippen LogP contribution in [0.15, 0.2) is 12.3 Å². The highest BCUT2D eigenvalue weighted by molar-refractivity contribution is 5.82. The first kappa shape index (κ1) is 23.4. The van der Waals surface area contributed by atoms with Gasteiger partial charge in [-0.1, -0.05) is 13.8 Å². The molecular weight excluding hydrogens is 429 g/mol. The Labute approximate surface area is 194 Å². The number of aromatic nitrogens is 2. The minimum absolute atomic E-state index is 0.0314. The third-order valence-electron chi connectivity index (χ3n) is 10.6. The monoisotopic (exact) mass is 466 g/mol. The summed E-state index contributed by atoms with van der Waals surface area (Å²) in [4.78, 5) is 13.3. The number of ketones is 1. The number of hydrogen-bond acceptors (Lipinski definition) is 3. The second-order valence-electron chi connectivity index (χ2n) is 12.4. The normalized spacial score (nSPS) is 45.2. The molecular formula is C26H37F3N2O2. The zero-order chi connectivity index (χ0) is 23.8. The van der Waals surface area contributed by atoms with Gasteiger partial charge in [0.2, 0.25) is 0 Å². The maximum atomic E-state index is 13.3. The summed E-state index contributed by atoms with van der Waals surface area (Å²) in [5.74, 6) is 2.29. The summed E-state index contributed by atoms with van der Waals surface area (Å²) < 4.78 is 39.9. The molecule has 5 rings (SSSR count). The fourth-order valence-electron chi connectivity index (χ4n) is 8.83. The van der Waals surface area contributed by atoms with Crippen LogP contribution in [0.3, 0.4) is 0 Å². The lowest BCUT2D eigenvalue weighted by Gasteiger charge is -2.61. The van der Waals surface area contributed by atoms with E-state index in [1.165, 1.54) is 12.6 Å². The Balaban J connectivity index is 1.31. The van der Waals surface area contributed by atoms with E-state index in [0.717, 1.165) is 62.1 Å². The number of rotatable bonds is 3. The van der Waals surface area contributed by atoms with Crippen molar-refractivity contribution in [1.29, 1.82) is 0 Å². The second kappa shape index (κ2) is 7.56. The molecule has 1 aromatic rings. The van der Waals surface area contributed by atoms with Gasteiger partial charge < -0.3 is 5.11 Å². The van der Waals surface area contributed by atoms with E-state index in [2.05, 4.69) is 18.9 Å². The summed E-state index contributed by atoms with van der Waals surface area (Å²) in [5.41, 5.74) is -1.27. The van der Waals surface area contributed by atoms with E-state index in [4.69, 9.17) is 0 Å². The van der Waals surface area contributed by atoms with E-state index in [-0.39, 0.29) is 29.1 Å². The standard InChI is InChI=1S/C26H37F3N2O2/c1-23(33)11-12-24(2)16(14-23)4-5-17-18-6-7-20(25(18,3)10-8-19(17)24)21(32)15-31-13-9-22(30-31)26(27,28)29/h9,13,16-20,33H,4-8,10-12,14-15H2,1-3H3/t16-,17+,18+,19+,20+,23-,24+,25+/m1/s1. The Hall–Kier alpha value is -1.37. The first-order chi connectivity index (χ1) is 15.3. The van der Waals surface area contributed by atoms with Gasteiger partial charge in [0, 0.05) is 12.1 Å². The SMILES string of the molecule is C[C@@]1(O)CC[C@@]2(C)[C@H](CC[C@@H]3[C@@H]2CC[C@]2(C)[C@H](C(=O)Cn4ccc(C(F)(F)F)n4)CC[C@@H]32)C1. The van der Waals surface area contributed by atoms with Gasteiger partial charge in [-0.05, 0) is 105 Å². The molecule has 4 nitrogen and oxygen atoms in total. The van der Waals surface area contributed by atoms with Crippen LogP contribution in [-0.4, -0.2) is 26.3 Å². The molecule has 4 aliphatic carbocycles. The minimum atomic E-state index is -4.49. The van der Waals surface area contributed by atoms with Crippen LogP contribution in [0.5, 0.6) is 0 Å². The van der Waals surface area contributed by atoms with Crippen LogP contribution in [0, 0.1) is 40.4 Å². The lowest BCUT2D eigenvalue weighted by Crippen LogP contribution is -2.55. The molecule has 1 N–H and O–H groups in total. The molecule has 0 amide bonds. The van der Waals surface area contributed by atoms with E-state index in [0.29, 0.717) is 23.7 Å². The van der Waals surface area contributed by atoms with Gasteiger partial charge in [0.1, 0.15) is 0 Å². The topological polar surface area (TPSA) is 55.1 Å². The van der Waals surface area contributed by atoms with E-state index in [1.807, 2.05) is 6.92 Å². The maximum absolute atomic E-state index is 13.3. The fourth-order valence-corrected chi connectivity index (χ4v) is 8.83. The van der Waals surface area contributed by atoms with Crippen molar-refractivity contribution in [2.24, 2.45) is 40.4 Å². The number of alkyl halides is 3. The lowest BCUT2D eigenvalue weighted by molar-refractivity contribution is -0.151. The zero-order valence-corrected chi connectivity index (χ0v) is 20.0. The molecule has 1 heterocycles. The largest absolute Gasteiger partial charge is 0.435 e. The quantitative estimate of drug-likeness (QED) is 0.605. The Bertz CT molecular complexity index is 925. The Morgan fingerprint density at radius 2 is 1.79 bits per heavy atom. The molecule has 7 heteroatoms. The van der Waals surface area contributed by atoms with Gasteiger partial charge in [0.25, 0.3) is 0 Å². The fraction of sp³-hybridized carbons (Fsp3) is 0.846. The smallest absolute Gasteiger partial charge is 0.390 e. The van der Waals surface area contributed by atoms with Crippen LogP contribution >= 0.6 is 0 Å². The number of hydrogen-bond donors (Lipinski definition) is 1. The number of nitrogens with zero attached hydrogens (tertiary/aromatic N) is 2. The summed E-state index contributed by atoms with van der Waals surface area (Å²) in [5, 5.41) is 14.3. The average Bonchev–Trinajstić information content (AvgIpc) is 3.32. The van der Waals surface area contributed by atoms with Gasteiger partial charge in [-0.3, -0.25) is 9.48 Å². The van der Waals surface area contributed by atoms with E-state index >= 15 is 0 Å². The van der Waals surface area contributed by atoms with Crippen molar-refractivity contribution >= 4 is 5.78 Å². The molecule has 4 saturated carbocycles.